The number of carbonyl (C=O) groups excluding carboxylic acids is 1. The lowest BCUT2D eigenvalue weighted by Gasteiger charge is -2.31. The number of piperazine rings is 1. The number of nitro groups is 1. The van der Waals surface area contributed by atoms with Crippen molar-refractivity contribution in [2.45, 2.75) is 0 Å². The Bertz CT molecular complexity index is 581. The normalized spacial score (nSPS) is 16.4. The van der Waals surface area contributed by atoms with E-state index in [0.29, 0.717) is 18.7 Å². The second-order valence-corrected chi connectivity index (χ2v) is 5.34. The van der Waals surface area contributed by atoms with Crippen molar-refractivity contribution in [3.05, 3.63) is 45.0 Å². The van der Waals surface area contributed by atoms with Crippen molar-refractivity contribution in [2.24, 2.45) is 0 Å². The zero-order chi connectivity index (χ0) is 15.4. The summed E-state index contributed by atoms with van der Waals surface area (Å²) in [6, 6.07) is 4.46. The third-order valence-electron chi connectivity index (χ3n) is 3.40. The van der Waals surface area contributed by atoms with E-state index in [-0.39, 0.29) is 16.6 Å². The van der Waals surface area contributed by atoms with Gasteiger partial charge in [-0.15, -0.1) is 0 Å². The topological polar surface area (TPSA) is 66.7 Å². The highest BCUT2D eigenvalue weighted by atomic mass is 35.5. The van der Waals surface area contributed by atoms with Crippen LogP contribution in [0, 0.1) is 10.1 Å². The monoisotopic (exact) mass is 309 g/mol. The van der Waals surface area contributed by atoms with Gasteiger partial charge in [-0.25, -0.2) is 0 Å². The van der Waals surface area contributed by atoms with Crippen molar-refractivity contribution in [3.63, 3.8) is 0 Å². The summed E-state index contributed by atoms with van der Waals surface area (Å²) in [6.45, 7) is 3.10. The van der Waals surface area contributed by atoms with Gasteiger partial charge in [0, 0.05) is 38.3 Å². The first kappa shape index (κ1) is 15.5. The first-order chi connectivity index (χ1) is 9.97. The predicted molar refractivity (Wildman–Crippen MR) is 81.2 cm³/mol. The van der Waals surface area contributed by atoms with E-state index in [2.05, 4.69) is 4.90 Å². The van der Waals surface area contributed by atoms with Crippen LogP contribution in [0.4, 0.5) is 5.69 Å². The van der Waals surface area contributed by atoms with E-state index >= 15 is 0 Å². The minimum absolute atomic E-state index is 0.0827. The van der Waals surface area contributed by atoms with Gasteiger partial charge in [-0.2, -0.15) is 0 Å². The van der Waals surface area contributed by atoms with Gasteiger partial charge in [0.2, 0.25) is 5.91 Å². The Hall–Kier alpha value is -1.92. The lowest BCUT2D eigenvalue weighted by molar-refractivity contribution is -0.384. The van der Waals surface area contributed by atoms with Gasteiger partial charge in [0.15, 0.2) is 0 Å². The molecule has 0 aliphatic carbocycles. The highest BCUT2D eigenvalue weighted by molar-refractivity contribution is 6.32. The number of likely N-dealkylation sites (N-methyl/N-ethyl adjacent to an activating group) is 1. The molecule has 0 bridgehead atoms. The smallest absolute Gasteiger partial charge is 0.288 e. The van der Waals surface area contributed by atoms with E-state index in [1.54, 1.807) is 17.0 Å². The molecule has 1 heterocycles. The average Bonchev–Trinajstić information content (AvgIpc) is 2.46. The molecule has 1 aliphatic heterocycles. The summed E-state index contributed by atoms with van der Waals surface area (Å²) in [4.78, 5) is 26.2. The molecule has 0 aromatic heterocycles. The van der Waals surface area contributed by atoms with Crippen molar-refractivity contribution in [1.82, 2.24) is 9.80 Å². The molecular weight excluding hydrogens is 294 g/mol. The predicted octanol–water partition coefficient (Wildman–Crippen LogP) is 2.04. The molecule has 112 valence electrons. The SMILES string of the molecule is CN1CCN(C(=O)C=Cc2ccc(Cl)c([N+](=O)[O-])c2)CC1. The lowest BCUT2D eigenvalue weighted by atomic mass is 10.2. The van der Waals surface area contributed by atoms with Crippen molar-refractivity contribution in [2.75, 3.05) is 33.2 Å². The summed E-state index contributed by atoms with van der Waals surface area (Å²) in [7, 11) is 2.02. The van der Waals surface area contributed by atoms with Crippen LogP contribution in [-0.2, 0) is 4.79 Å². The van der Waals surface area contributed by atoms with Crippen molar-refractivity contribution >= 4 is 29.3 Å². The first-order valence-electron chi connectivity index (χ1n) is 6.57. The highest BCUT2D eigenvalue weighted by Gasteiger charge is 2.17. The van der Waals surface area contributed by atoms with Crippen LogP contribution in [0.1, 0.15) is 5.56 Å². The van der Waals surface area contributed by atoms with E-state index < -0.39 is 4.92 Å². The van der Waals surface area contributed by atoms with Crippen molar-refractivity contribution in [3.8, 4) is 0 Å². The molecule has 1 aromatic carbocycles. The molecule has 1 aliphatic rings. The Morgan fingerprint density at radius 2 is 2.00 bits per heavy atom. The van der Waals surface area contributed by atoms with Crippen LogP contribution < -0.4 is 0 Å². The minimum atomic E-state index is -0.540. The zero-order valence-corrected chi connectivity index (χ0v) is 12.4. The maximum absolute atomic E-state index is 12.0. The number of amides is 1. The van der Waals surface area contributed by atoms with Crippen LogP contribution in [-0.4, -0.2) is 53.9 Å². The van der Waals surface area contributed by atoms with Gasteiger partial charge in [0.25, 0.3) is 5.69 Å². The number of hydrogen-bond donors (Lipinski definition) is 0. The Morgan fingerprint density at radius 1 is 1.33 bits per heavy atom. The van der Waals surface area contributed by atoms with Crippen LogP contribution >= 0.6 is 11.6 Å². The van der Waals surface area contributed by atoms with Gasteiger partial charge in [0.1, 0.15) is 5.02 Å². The summed E-state index contributed by atoms with van der Waals surface area (Å²) >= 11 is 5.74. The Balaban J connectivity index is 2.05. The number of carbonyl (C=O) groups is 1. The Labute approximate surface area is 127 Å². The fourth-order valence-electron chi connectivity index (χ4n) is 2.07. The summed E-state index contributed by atoms with van der Waals surface area (Å²) in [5.41, 5.74) is 0.416. The number of hydrogen-bond acceptors (Lipinski definition) is 4. The Kier molecular flexibility index (Phi) is 4.93. The van der Waals surface area contributed by atoms with E-state index in [0.717, 1.165) is 13.1 Å². The van der Waals surface area contributed by atoms with Gasteiger partial charge in [-0.3, -0.25) is 14.9 Å². The summed E-state index contributed by atoms with van der Waals surface area (Å²) in [5.74, 6) is -0.0827. The Morgan fingerprint density at radius 3 is 2.62 bits per heavy atom. The van der Waals surface area contributed by atoms with E-state index in [1.807, 2.05) is 7.05 Å². The van der Waals surface area contributed by atoms with Gasteiger partial charge in [-0.1, -0.05) is 17.7 Å². The first-order valence-corrected chi connectivity index (χ1v) is 6.94. The van der Waals surface area contributed by atoms with Crippen molar-refractivity contribution in [1.29, 1.82) is 0 Å². The van der Waals surface area contributed by atoms with Gasteiger partial charge < -0.3 is 9.80 Å². The summed E-state index contributed by atoms with van der Waals surface area (Å²) < 4.78 is 0. The molecule has 0 saturated carbocycles. The maximum Gasteiger partial charge on any atom is 0.288 e. The van der Waals surface area contributed by atoms with Crippen LogP contribution in [0.15, 0.2) is 24.3 Å². The number of benzene rings is 1. The highest BCUT2D eigenvalue weighted by Crippen LogP contribution is 2.25. The fourth-order valence-corrected chi connectivity index (χ4v) is 2.26. The molecule has 0 atom stereocenters. The molecule has 0 spiro atoms. The molecular formula is C14H16ClN3O3. The lowest BCUT2D eigenvalue weighted by Crippen LogP contribution is -2.46. The molecule has 7 heteroatoms. The molecule has 0 radical (unpaired) electrons. The molecule has 6 nitrogen and oxygen atoms in total. The van der Waals surface area contributed by atoms with Gasteiger partial charge >= 0.3 is 0 Å². The number of nitrogens with zero attached hydrogens (tertiary/aromatic N) is 3. The number of halogens is 1. The number of nitro benzene ring substituents is 1. The van der Waals surface area contributed by atoms with Crippen LogP contribution in [0.2, 0.25) is 5.02 Å². The van der Waals surface area contributed by atoms with E-state index in [9.17, 15) is 14.9 Å². The van der Waals surface area contributed by atoms with Crippen LogP contribution in [0.3, 0.4) is 0 Å². The van der Waals surface area contributed by atoms with Crippen LogP contribution in [0.25, 0.3) is 6.08 Å². The fraction of sp³-hybridized carbons (Fsp3) is 0.357. The van der Waals surface area contributed by atoms with E-state index in [4.69, 9.17) is 11.6 Å². The quantitative estimate of drug-likeness (QED) is 0.487. The average molecular weight is 310 g/mol. The summed E-state index contributed by atoms with van der Waals surface area (Å²) in [5, 5.41) is 10.9. The summed E-state index contributed by atoms with van der Waals surface area (Å²) in [6.07, 6.45) is 3.02. The second kappa shape index (κ2) is 6.69. The third-order valence-corrected chi connectivity index (χ3v) is 3.72. The third kappa shape index (κ3) is 4.03. The molecule has 0 unspecified atom stereocenters. The standard InChI is InChI=1S/C14H16ClN3O3/c1-16-6-8-17(9-7-16)14(19)5-3-11-2-4-12(15)13(10-11)18(20)21/h2-5,10H,6-9H2,1H3. The number of rotatable bonds is 3. The molecule has 21 heavy (non-hydrogen) atoms. The maximum atomic E-state index is 12.0. The van der Waals surface area contributed by atoms with E-state index in [1.165, 1.54) is 18.2 Å². The van der Waals surface area contributed by atoms with Crippen molar-refractivity contribution < 1.29 is 9.72 Å². The molecule has 0 N–H and O–H groups in total. The molecule has 1 saturated heterocycles. The second-order valence-electron chi connectivity index (χ2n) is 4.93. The largest absolute Gasteiger partial charge is 0.337 e. The van der Waals surface area contributed by atoms with Gasteiger partial charge in [0.05, 0.1) is 4.92 Å². The minimum Gasteiger partial charge on any atom is -0.337 e. The molecule has 1 aromatic rings. The van der Waals surface area contributed by atoms with Crippen LogP contribution in [0.5, 0.6) is 0 Å². The molecule has 2 rings (SSSR count). The molecule has 1 amide bonds. The molecule has 1 fully saturated rings. The zero-order valence-electron chi connectivity index (χ0n) is 11.7. The van der Waals surface area contributed by atoms with Gasteiger partial charge in [-0.05, 0) is 24.8 Å².